The molecule has 1 aromatic rings. The molecule has 5 heteroatoms. The minimum Gasteiger partial charge on any atom is -0.487 e. The van der Waals surface area contributed by atoms with Crippen LogP contribution in [0.15, 0.2) is 18.2 Å². The van der Waals surface area contributed by atoms with Gasteiger partial charge in [-0.1, -0.05) is 0 Å². The Labute approximate surface area is 136 Å². The van der Waals surface area contributed by atoms with Gasteiger partial charge < -0.3 is 15.4 Å². The third-order valence-corrected chi connectivity index (χ3v) is 4.80. The second kappa shape index (κ2) is 7.77. The molecule has 1 aliphatic heterocycles. The van der Waals surface area contributed by atoms with E-state index in [-0.39, 0.29) is 17.8 Å². The van der Waals surface area contributed by atoms with E-state index in [9.17, 15) is 9.18 Å². The molecule has 1 amide bonds. The normalized spacial score (nSPS) is 19.2. The molecule has 0 bridgehead atoms. The van der Waals surface area contributed by atoms with Crippen molar-refractivity contribution >= 4 is 11.6 Å². The monoisotopic (exact) mass is 320 g/mol. The fourth-order valence-electron chi connectivity index (χ4n) is 3.07. The fourth-order valence-corrected chi connectivity index (χ4v) is 3.07. The Balaban J connectivity index is 1.46. The zero-order valence-electron chi connectivity index (χ0n) is 13.4. The second-order valence-corrected chi connectivity index (χ2v) is 6.60. The number of hydrogen-bond acceptors (Lipinski definition) is 3. The average Bonchev–Trinajstić information content (AvgIpc) is 2.51. The summed E-state index contributed by atoms with van der Waals surface area (Å²) in [5.74, 6) is 0.447. The lowest BCUT2D eigenvalue weighted by Crippen LogP contribution is -2.28. The smallest absolute Gasteiger partial charge is 0.224 e. The van der Waals surface area contributed by atoms with Crippen molar-refractivity contribution in [2.45, 2.75) is 51.0 Å². The first-order chi connectivity index (χ1) is 11.2. The highest BCUT2D eigenvalue weighted by molar-refractivity contribution is 5.90. The number of ether oxygens (including phenoxy) is 1. The molecule has 4 nitrogen and oxygen atoms in total. The number of carbonyl (C=O) groups excluding carboxylic acids is 1. The first-order valence-corrected chi connectivity index (χ1v) is 8.67. The number of rotatable bonds is 6. The van der Waals surface area contributed by atoms with Gasteiger partial charge >= 0.3 is 0 Å². The van der Waals surface area contributed by atoms with E-state index in [1.165, 1.54) is 6.07 Å². The van der Waals surface area contributed by atoms with Crippen molar-refractivity contribution in [3.05, 3.63) is 24.0 Å². The summed E-state index contributed by atoms with van der Waals surface area (Å²) in [5, 5.41) is 6.10. The first kappa shape index (κ1) is 16.2. The zero-order valence-corrected chi connectivity index (χ0v) is 13.4. The van der Waals surface area contributed by atoms with Crippen LogP contribution in [0, 0.1) is 11.7 Å². The molecule has 2 aliphatic rings. The number of halogens is 1. The number of anilines is 1. The van der Waals surface area contributed by atoms with Crippen LogP contribution in [0.2, 0.25) is 0 Å². The molecule has 0 radical (unpaired) electrons. The Morgan fingerprint density at radius 1 is 1.26 bits per heavy atom. The van der Waals surface area contributed by atoms with Crippen LogP contribution >= 0.6 is 0 Å². The predicted molar refractivity (Wildman–Crippen MR) is 88.1 cm³/mol. The molecule has 1 saturated heterocycles. The lowest BCUT2D eigenvalue weighted by Gasteiger charge is -2.26. The van der Waals surface area contributed by atoms with Crippen molar-refractivity contribution in [2.75, 3.05) is 18.4 Å². The lowest BCUT2D eigenvalue weighted by atomic mass is 9.93. The maximum Gasteiger partial charge on any atom is 0.224 e. The molecular formula is C18H25FN2O2. The molecule has 1 aromatic carbocycles. The van der Waals surface area contributed by atoms with Gasteiger partial charge in [0.05, 0.1) is 6.10 Å². The van der Waals surface area contributed by atoms with Gasteiger partial charge in [0.1, 0.15) is 0 Å². The number of nitrogens with one attached hydrogen (secondary N) is 2. The van der Waals surface area contributed by atoms with Crippen LogP contribution in [0.25, 0.3) is 0 Å². The van der Waals surface area contributed by atoms with Gasteiger partial charge in [-0.3, -0.25) is 4.79 Å². The molecule has 2 fully saturated rings. The van der Waals surface area contributed by atoms with E-state index in [0.29, 0.717) is 18.0 Å². The molecule has 0 atom stereocenters. The van der Waals surface area contributed by atoms with Crippen molar-refractivity contribution in [1.29, 1.82) is 0 Å². The number of amides is 1. The molecule has 1 saturated carbocycles. The van der Waals surface area contributed by atoms with Crippen molar-refractivity contribution < 1.29 is 13.9 Å². The van der Waals surface area contributed by atoms with E-state index in [4.69, 9.17) is 4.74 Å². The van der Waals surface area contributed by atoms with E-state index in [1.807, 2.05) is 0 Å². The average molecular weight is 320 g/mol. The van der Waals surface area contributed by atoms with Gasteiger partial charge in [0.2, 0.25) is 5.91 Å². The minimum atomic E-state index is -0.409. The number of piperidine rings is 1. The van der Waals surface area contributed by atoms with Gasteiger partial charge in [-0.2, -0.15) is 0 Å². The van der Waals surface area contributed by atoms with Gasteiger partial charge in [0, 0.05) is 18.2 Å². The summed E-state index contributed by atoms with van der Waals surface area (Å²) >= 11 is 0. The molecule has 3 rings (SSSR count). The van der Waals surface area contributed by atoms with Crippen LogP contribution in [0.5, 0.6) is 5.75 Å². The number of hydrogen-bond donors (Lipinski definition) is 2. The zero-order chi connectivity index (χ0) is 16.1. The molecular weight excluding hydrogens is 295 g/mol. The van der Waals surface area contributed by atoms with E-state index in [1.54, 1.807) is 12.1 Å². The third kappa shape index (κ3) is 4.67. The van der Waals surface area contributed by atoms with Gasteiger partial charge in [0.15, 0.2) is 11.6 Å². The topological polar surface area (TPSA) is 50.4 Å². The van der Waals surface area contributed by atoms with Crippen LogP contribution in [0.1, 0.15) is 44.9 Å². The number of benzene rings is 1. The highest BCUT2D eigenvalue weighted by atomic mass is 19.1. The highest BCUT2D eigenvalue weighted by Gasteiger charge is 2.21. The van der Waals surface area contributed by atoms with Gasteiger partial charge in [-0.25, -0.2) is 4.39 Å². The van der Waals surface area contributed by atoms with Crippen molar-refractivity contribution in [2.24, 2.45) is 5.92 Å². The first-order valence-electron chi connectivity index (χ1n) is 8.67. The standard InChI is InChI=1S/C18H25FN2O2/c19-16-12-14(5-6-17(16)23-15-2-1-3-15)21-18(22)7-4-13-8-10-20-11-9-13/h5-6,12-13,15,20H,1-4,7-11H2,(H,21,22). The Morgan fingerprint density at radius 3 is 2.70 bits per heavy atom. The predicted octanol–water partition coefficient (Wildman–Crippen LogP) is 3.48. The Morgan fingerprint density at radius 2 is 2.04 bits per heavy atom. The van der Waals surface area contributed by atoms with Crippen LogP contribution in [0.4, 0.5) is 10.1 Å². The largest absolute Gasteiger partial charge is 0.487 e. The maximum atomic E-state index is 14.0. The molecule has 126 valence electrons. The number of carbonyl (C=O) groups is 1. The SMILES string of the molecule is O=C(CCC1CCNCC1)Nc1ccc(OC2CCC2)c(F)c1. The summed E-state index contributed by atoms with van der Waals surface area (Å²) in [7, 11) is 0. The second-order valence-electron chi connectivity index (χ2n) is 6.60. The van der Waals surface area contributed by atoms with Crippen molar-refractivity contribution in [3.8, 4) is 5.75 Å². The summed E-state index contributed by atoms with van der Waals surface area (Å²) in [5.41, 5.74) is 0.499. The van der Waals surface area contributed by atoms with Crippen LogP contribution < -0.4 is 15.4 Å². The third-order valence-electron chi connectivity index (χ3n) is 4.80. The van der Waals surface area contributed by atoms with Crippen molar-refractivity contribution in [1.82, 2.24) is 5.32 Å². The van der Waals surface area contributed by atoms with Crippen molar-refractivity contribution in [3.63, 3.8) is 0 Å². The van der Waals surface area contributed by atoms with Gasteiger partial charge in [0.25, 0.3) is 0 Å². The summed E-state index contributed by atoms with van der Waals surface area (Å²) in [6.07, 6.45) is 6.95. The van der Waals surface area contributed by atoms with E-state index >= 15 is 0 Å². The summed E-state index contributed by atoms with van der Waals surface area (Å²) in [6.45, 7) is 2.08. The Bertz CT molecular complexity index is 540. The minimum absolute atomic E-state index is 0.0457. The molecule has 0 aromatic heterocycles. The Kier molecular flexibility index (Phi) is 5.49. The lowest BCUT2D eigenvalue weighted by molar-refractivity contribution is -0.116. The van der Waals surface area contributed by atoms with E-state index in [2.05, 4.69) is 10.6 Å². The van der Waals surface area contributed by atoms with E-state index < -0.39 is 5.82 Å². The molecule has 23 heavy (non-hydrogen) atoms. The quantitative estimate of drug-likeness (QED) is 0.844. The van der Waals surface area contributed by atoms with Gasteiger partial charge in [-0.15, -0.1) is 0 Å². The summed E-state index contributed by atoms with van der Waals surface area (Å²) < 4.78 is 19.6. The van der Waals surface area contributed by atoms with Crippen LogP contribution in [-0.2, 0) is 4.79 Å². The summed E-state index contributed by atoms with van der Waals surface area (Å²) in [6, 6.07) is 4.66. The van der Waals surface area contributed by atoms with E-state index in [0.717, 1.165) is 51.6 Å². The Hall–Kier alpha value is -1.62. The summed E-state index contributed by atoms with van der Waals surface area (Å²) in [4.78, 5) is 12.0. The van der Waals surface area contributed by atoms with Gasteiger partial charge in [-0.05, 0) is 69.7 Å². The van der Waals surface area contributed by atoms with Crippen LogP contribution in [0.3, 0.4) is 0 Å². The highest BCUT2D eigenvalue weighted by Crippen LogP contribution is 2.28. The fraction of sp³-hybridized carbons (Fsp3) is 0.611. The molecule has 0 spiro atoms. The molecule has 1 heterocycles. The molecule has 0 unspecified atom stereocenters. The van der Waals surface area contributed by atoms with Crippen LogP contribution in [-0.4, -0.2) is 25.1 Å². The molecule has 1 aliphatic carbocycles. The molecule has 2 N–H and O–H groups in total. The maximum absolute atomic E-state index is 14.0.